The van der Waals surface area contributed by atoms with Crippen LogP contribution in [0.5, 0.6) is 5.75 Å². The van der Waals surface area contributed by atoms with E-state index in [1.165, 1.54) is 12.1 Å². The minimum absolute atomic E-state index is 0.0263. The van der Waals surface area contributed by atoms with Gasteiger partial charge in [0.1, 0.15) is 10.6 Å². The number of carbonyl (C=O) groups is 1. The minimum Gasteiger partial charge on any atom is -0.435 e. The summed E-state index contributed by atoms with van der Waals surface area (Å²) in [5.74, 6) is -0.302. The van der Waals surface area contributed by atoms with Crippen LogP contribution in [-0.4, -0.2) is 22.3 Å². The molecule has 3 rings (SSSR count). The molecule has 5 nitrogen and oxygen atoms in total. The monoisotopic (exact) mass is 385 g/mol. The summed E-state index contributed by atoms with van der Waals surface area (Å²) in [5, 5.41) is 7.84. The Hall–Kier alpha value is -2.19. The molecule has 0 bridgehead atoms. The highest BCUT2D eigenvalue weighted by Gasteiger charge is 2.18. The number of carbonyl (C=O) groups excluding carboxylic acids is 1. The molecule has 0 unspecified atom stereocenters. The number of hydrogen-bond donors (Lipinski definition) is 1. The van der Waals surface area contributed by atoms with E-state index < -0.39 is 6.61 Å². The van der Waals surface area contributed by atoms with Gasteiger partial charge in [-0.3, -0.25) is 9.48 Å². The molecule has 2 aromatic heterocycles. The van der Waals surface area contributed by atoms with Gasteiger partial charge in [0.05, 0.1) is 11.2 Å². The summed E-state index contributed by atoms with van der Waals surface area (Å²) in [7, 11) is 1.82. The lowest BCUT2D eigenvalue weighted by atomic mass is 10.2. The fourth-order valence-corrected chi connectivity index (χ4v) is 3.80. The second kappa shape index (κ2) is 6.97. The zero-order chi connectivity index (χ0) is 18.1. The van der Waals surface area contributed by atoms with Crippen LogP contribution >= 0.6 is 22.9 Å². The maximum absolute atomic E-state index is 12.4. The summed E-state index contributed by atoms with van der Waals surface area (Å²) in [6.45, 7) is -0.674. The average Bonchev–Trinajstić information content (AvgIpc) is 3.05. The van der Waals surface area contributed by atoms with Gasteiger partial charge >= 0.3 is 6.61 Å². The number of nitrogens with one attached hydrogen (secondary N) is 1. The Balaban J connectivity index is 1.81. The van der Waals surface area contributed by atoms with Crippen molar-refractivity contribution in [2.75, 3.05) is 0 Å². The Labute approximate surface area is 151 Å². The molecule has 0 atom stereocenters. The van der Waals surface area contributed by atoms with E-state index in [1.807, 2.05) is 14.0 Å². The van der Waals surface area contributed by atoms with Crippen molar-refractivity contribution < 1.29 is 18.3 Å². The molecule has 0 aliphatic rings. The number of amides is 1. The van der Waals surface area contributed by atoms with Crippen LogP contribution in [0.25, 0.3) is 10.1 Å². The van der Waals surface area contributed by atoms with Gasteiger partial charge in [0.25, 0.3) is 5.91 Å². The van der Waals surface area contributed by atoms with E-state index in [0.717, 1.165) is 22.6 Å². The second-order valence-corrected chi connectivity index (χ2v) is 6.77. The van der Waals surface area contributed by atoms with Crippen LogP contribution in [0.3, 0.4) is 0 Å². The predicted octanol–water partition coefficient (Wildman–Crippen LogP) is 4.13. The highest BCUT2D eigenvalue weighted by atomic mass is 35.5. The van der Waals surface area contributed by atoms with Gasteiger partial charge in [-0.15, -0.1) is 11.3 Å². The van der Waals surface area contributed by atoms with Crippen molar-refractivity contribution in [3.05, 3.63) is 45.6 Å². The molecule has 25 heavy (non-hydrogen) atoms. The van der Waals surface area contributed by atoms with Gasteiger partial charge < -0.3 is 10.1 Å². The third-order valence-corrected chi connectivity index (χ3v) is 5.46. The number of nitrogens with zero attached hydrogens (tertiary/aromatic N) is 2. The highest BCUT2D eigenvalue weighted by molar-refractivity contribution is 7.21. The first-order valence-electron chi connectivity index (χ1n) is 7.29. The maximum atomic E-state index is 12.4. The number of rotatable bonds is 5. The molecule has 1 aromatic carbocycles. The summed E-state index contributed by atoms with van der Waals surface area (Å²) in [6, 6.07) is 4.40. The van der Waals surface area contributed by atoms with Crippen LogP contribution in [0.4, 0.5) is 8.78 Å². The first kappa shape index (κ1) is 17.6. The van der Waals surface area contributed by atoms with Crippen molar-refractivity contribution in [2.45, 2.75) is 20.1 Å². The first-order valence-corrected chi connectivity index (χ1v) is 8.48. The molecule has 0 aliphatic heterocycles. The zero-order valence-corrected chi connectivity index (χ0v) is 14.9. The molecule has 1 amide bonds. The molecule has 3 aromatic rings. The van der Waals surface area contributed by atoms with Gasteiger partial charge in [-0.05, 0) is 25.1 Å². The Bertz CT molecular complexity index is 939. The number of aryl methyl sites for hydroxylation is 1. The molecule has 0 fully saturated rings. The number of thiophene rings is 1. The molecular formula is C16H14ClF2N3O2S. The van der Waals surface area contributed by atoms with Crippen molar-refractivity contribution in [2.24, 2.45) is 7.05 Å². The van der Waals surface area contributed by atoms with Crippen LogP contribution < -0.4 is 10.1 Å². The number of benzene rings is 1. The van der Waals surface area contributed by atoms with Crippen molar-refractivity contribution in [1.29, 1.82) is 0 Å². The second-order valence-electron chi connectivity index (χ2n) is 5.34. The van der Waals surface area contributed by atoms with Gasteiger partial charge in [-0.2, -0.15) is 13.9 Å². The number of halogens is 3. The maximum Gasteiger partial charge on any atom is 0.387 e. The molecular weight excluding hydrogens is 372 g/mol. The Morgan fingerprint density at radius 1 is 1.48 bits per heavy atom. The number of fused-ring (bicyclic) bond motifs is 1. The van der Waals surface area contributed by atoms with Gasteiger partial charge in [0.15, 0.2) is 0 Å². The topological polar surface area (TPSA) is 56.1 Å². The van der Waals surface area contributed by atoms with Gasteiger partial charge in [0, 0.05) is 34.9 Å². The normalized spacial score (nSPS) is 11.3. The summed E-state index contributed by atoms with van der Waals surface area (Å²) in [6.07, 6.45) is 1.69. The van der Waals surface area contributed by atoms with E-state index in [4.69, 9.17) is 11.6 Å². The van der Waals surface area contributed by atoms with Crippen molar-refractivity contribution in [3.8, 4) is 5.75 Å². The van der Waals surface area contributed by atoms with Gasteiger partial charge in [-0.25, -0.2) is 0 Å². The highest BCUT2D eigenvalue weighted by Crippen LogP contribution is 2.37. The minimum atomic E-state index is -2.90. The molecule has 0 radical (unpaired) electrons. The fraction of sp³-hybridized carbons (Fsp3) is 0.250. The zero-order valence-electron chi connectivity index (χ0n) is 13.3. The molecule has 2 heterocycles. The summed E-state index contributed by atoms with van der Waals surface area (Å²) in [4.78, 5) is 12.8. The summed E-state index contributed by atoms with van der Waals surface area (Å²) >= 11 is 7.40. The lowest BCUT2D eigenvalue weighted by Crippen LogP contribution is -2.22. The van der Waals surface area contributed by atoms with E-state index in [9.17, 15) is 13.6 Å². The molecule has 1 N–H and O–H groups in total. The van der Waals surface area contributed by atoms with Crippen LogP contribution in [0.1, 0.15) is 20.9 Å². The molecule has 0 aliphatic carbocycles. The van der Waals surface area contributed by atoms with E-state index in [1.54, 1.807) is 16.9 Å². The Morgan fingerprint density at radius 3 is 2.88 bits per heavy atom. The van der Waals surface area contributed by atoms with E-state index >= 15 is 0 Å². The summed E-state index contributed by atoms with van der Waals surface area (Å²) < 4.78 is 31.3. The summed E-state index contributed by atoms with van der Waals surface area (Å²) in [5.41, 5.74) is 1.86. The third kappa shape index (κ3) is 3.59. The van der Waals surface area contributed by atoms with Gasteiger partial charge in [0.2, 0.25) is 0 Å². The number of aromatic nitrogens is 2. The Kier molecular flexibility index (Phi) is 4.91. The number of alkyl halides is 2. The molecule has 132 valence electrons. The van der Waals surface area contributed by atoms with E-state index in [2.05, 4.69) is 15.2 Å². The van der Waals surface area contributed by atoms with Crippen molar-refractivity contribution in [3.63, 3.8) is 0 Å². The van der Waals surface area contributed by atoms with Crippen LogP contribution in [0.2, 0.25) is 5.02 Å². The van der Waals surface area contributed by atoms with Crippen LogP contribution in [0.15, 0.2) is 24.4 Å². The number of ether oxygens (including phenoxy) is 1. The van der Waals surface area contributed by atoms with Crippen LogP contribution in [-0.2, 0) is 13.6 Å². The molecule has 0 saturated carbocycles. The lowest BCUT2D eigenvalue weighted by molar-refractivity contribution is -0.0497. The van der Waals surface area contributed by atoms with Crippen molar-refractivity contribution in [1.82, 2.24) is 15.1 Å². The van der Waals surface area contributed by atoms with E-state index in [0.29, 0.717) is 26.5 Å². The fourth-order valence-electron chi connectivity index (χ4n) is 2.34. The van der Waals surface area contributed by atoms with Crippen molar-refractivity contribution >= 4 is 38.9 Å². The SMILES string of the molecule is Cc1c(CNC(=O)c2sc3cc(OC(F)F)ccc3c2Cl)cnn1C. The van der Waals surface area contributed by atoms with Crippen LogP contribution in [0, 0.1) is 6.92 Å². The Morgan fingerprint density at radius 2 is 2.24 bits per heavy atom. The average molecular weight is 386 g/mol. The quantitative estimate of drug-likeness (QED) is 0.718. The number of hydrogen-bond acceptors (Lipinski definition) is 4. The molecule has 0 spiro atoms. The molecule has 0 saturated heterocycles. The van der Waals surface area contributed by atoms with Gasteiger partial charge in [-0.1, -0.05) is 11.6 Å². The smallest absolute Gasteiger partial charge is 0.387 e. The molecule has 9 heteroatoms. The van der Waals surface area contributed by atoms with E-state index in [-0.39, 0.29) is 11.7 Å². The largest absolute Gasteiger partial charge is 0.435 e. The third-order valence-electron chi connectivity index (χ3n) is 3.81. The standard InChI is InChI=1S/C16H14ClF2N3O2S/c1-8-9(7-21-22(8)2)6-20-15(23)14-13(17)11-4-3-10(24-16(18)19)5-12(11)25-14/h3-5,7,16H,6H2,1-2H3,(H,20,23). The lowest BCUT2D eigenvalue weighted by Gasteiger charge is -2.04. The first-order chi connectivity index (χ1) is 11.9. The predicted molar refractivity (Wildman–Crippen MR) is 92.6 cm³/mol.